The Morgan fingerprint density at radius 3 is 2.63 bits per heavy atom. The van der Waals surface area contributed by atoms with Crippen LogP contribution in [-0.4, -0.2) is 27.4 Å². The van der Waals surface area contributed by atoms with E-state index in [-0.39, 0.29) is 12.1 Å². The third kappa shape index (κ3) is 4.64. The molecule has 0 aliphatic carbocycles. The van der Waals surface area contributed by atoms with Crippen molar-refractivity contribution in [2.45, 2.75) is 25.6 Å². The molecular weight excluding hydrogens is 383 g/mol. The van der Waals surface area contributed by atoms with E-state index in [1.54, 1.807) is 10.6 Å². The Balaban J connectivity index is 1.53. The van der Waals surface area contributed by atoms with Crippen molar-refractivity contribution in [1.82, 2.24) is 9.38 Å². The molecule has 0 bridgehead atoms. The number of hydrogen-bond donors (Lipinski definition) is 1. The van der Waals surface area contributed by atoms with Crippen molar-refractivity contribution in [2.75, 3.05) is 5.32 Å². The monoisotopic (exact) mass is 397 g/mol. The molecule has 0 aliphatic heterocycles. The molecule has 142 valence electrons. The van der Waals surface area contributed by atoms with E-state index in [1.165, 1.54) is 18.3 Å². The van der Waals surface area contributed by atoms with E-state index < -0.39 is 29.7 Å². The predicted molar refractivity (Wildman–Crippen MR) is 92.4 cm³/mol. The second kappa shape index (κ2) is 7.39. The quantitative estimate of drug-likeness (QED) is 0.669. The molecule has 1 amide bonds. The van der Waals surface area contributed by atoms with Crippen LogP contribution in [0.1, 0.15) is 18.2 Å². The van der Waals surface area contributed by atoms with Gasteiger partial charge in [0.05, 0.1) is 17.7 Å². The Morgan fingerprint density at radius 2 is 2.00 bits per heavy atom. The van der Waals surface area contributed by atoms with Crippen LogP contribution in [0, 0.1) is 0 Å². The Labute approximate surface area is 155 Å². The van der Waals surface area contributed by atoms with Gasteiger partial charge in [0.1, 0.15) is 0 Å². The summed E-state index contributed by atoms with van der Waals surface area (Å²) in [6.07, 6.45) is -2.15. The molecule has 1 aromatic carbocycles. The lowest BCUT2D eigenvalue weighted by Crippen LogP contribution is -2.30. The van der Waals surface area contributed by atoms with Crippen LogP contribution >= 0.6 is 11.3 Å². The molecule has 2 aromatic heterocycles. The minimum absolute atomic E-state index is 0.0910. The lowest BCUT2D eigenvalue weighted by molar-refractivity contribution is -0.152. The summed E-state index contributed by atoms with van der Waals surface area (Å²) in [7, 11) is 0. The normalized spacial score (nSPS) is 12.7. The highest BCUT2D eigenvalue weighted by molar-refractivity contribution is 7.15. The number of amides is 1. The standard InChI is InChI=1S/C17H14F3N3O3S/c1-10(15(25)21-12-4-2-11(3-5-12)17(18,19)20)26-14(24)8-13-9-23-6-7-27-16(23)22-13/h2-7,9-10H,8H2,1H3,(H,21,25)/t10-/m0/s1. The lowest BCUT2D eigenvalue weighted by atomic mass is 10.2. The molecule has 0 fully saturated rings. The number of carbonyl (C=O) groups excluding carboxylic acids is 2. The molecule has 0 spiro atoms. The molecule has 1 N–H and O–H groups in total. The molecular formula is C17H14F3N3O3S. The van der Waals surface area contributed by atoms with Crippen molar-refractivity contribution < 1.29 is 27.5 Å². The second-order valence-electron chi connectivity index (χ2n) is 5.70. The Kier molecular flexibility index (Phi) is 5.17. The third-order valence-electron chi connectivity index (χ3n) is 3.63. The number of thiazole rings is 1. The van der Waals surface area contributed by atoms with Crippen molar-refractivity contribution in [1.29, 1.82) is 0 Å². The first-order valence-corrected chi connectivity index (χ1v) is 8.69. The zero-order valence-corrected chi connectivity index (χ0v) is 14.8. The number of halogens is 3. The number of alkyl halides is 3. The van der Waals surface area contributed by atoms with Gasteiger partial charge in [-0.3, -0.25) is 14.0 Å². The summed E-state index contributed by atoms with van der Waals surface area (Å²) in [5.41, 5.74) is -0.132. The number of anilines is 1. The van der Waals surface area contributed by atoms with Gasteiger partial charge in [0.2, 0.25) is 0 Å². The van der Waals surface area contributed by atoms with E-state index in [2.05, 4.69) is 10.3 Å². The van der Waals surface area contributed by atoms with Crippen LogP contribution in [0.4, 0.5) is 18.9 Å². The topological polar surface area (TPSA) is 72.7 Å². The fourth-order valence-electron chi connectivity index (χ4n) is 2.29. The summed E-state index contributed by atoms with van der Waals surface area (Å²) in [5, 5.41) is 4.26. The number of benzene rings is 1. The number of nitrogens with one attached hydrogen (secondary N) is 1. The van der Waals surface area contributed by atoms with Gasteiger partial charge in [0.15, 0.2) is 11.1 Å². The van der Waals surface area contributed by atoms with Gasteiger partial charge >= 0.3 is 12.1 Å². The van der Waals surface area contributed by atoms with Gasteiger partial charge in [-0.25, -0.2) is 4.98 Å². The zero-order valence-electron chi connectivity index (χ0n) is 14.0. The Bertz CT molecular complexity index is 935. The fraction of sp³-hybridized carbons (Fsp3) is 0.235. The molecule has 10 heteroatoms. The summed E-state index contributed by atoms with van der Waals surface area (Å²) >= 11 is 1.42. The SMILES string of the molecule is C[C@H](OC(=O)Cc1cn2ccsc2n1)C(=O)Nc1ccc(C(F)(F)F)cc1. The lowest BCUT2D eigenvalue weighted by Gasteiger charge is -2.14. The van der Waals surface area contributed by atoms with Gasteiger partial charge in [-0.2, -0.15) is 13.2 Å². The third-order valence-corrected chi connectivity index (χ3v) is 4.40. The molecule has 1 atom stereocenters. The van der Waals surface area contributed by atoms with Gasteiger partial charge in [-0.15, -0.1) is 11.3 Å². The van der Waals surface area contributed by atoms with Crippen molar-refractivity contribution in [2.24, 2.45) is 0 Å². The highest BCUT2D eigenvalue weighted by Gasteiger charge is 2.30. The molecule has 2 heterocycles. The molecule has 3 aromatic rings. The van der Waals surface area contributed by atoms with Gasteiger partial charge in [0, 0.05) is 23.5 Å². The maximum absolute atomic E-state index is 12.5. The van der Waals surface area contributed by atoms with Gasteiger partial charge in [-0.1, -0.05) is 0 Å². The summed E-state index contributed by atoms with van der Waals surface area (Å²) in [4.78, 5) is 29.0. The largest absolute Gasteiger partial charge is 0.452 e. The van der Waals surface area contributed by atoms with Crippen LogP contribution in [0.3, 0.4) is 0 Å². The van der Waals surface area contributed by atoms with Crippen molar-refractivity contribution in [3.8, 4) is 0 Å². The number of carbonyl (C=O) groups is 2. The number of ether oxygens (including phenoxy) is 1. The van der Waals surface area contributed by atoms with Crippen LogP contribution in [0.25, 0.3) is 4.96 Å². The molecule has 0 saturated heterocycles. The summed E-state index contributed by atoms with van der Waals surface area (Å²) < 4.78 is 44.4. The van der Waals surface area contributed by atoms with E-state index >= 15 is 0 Å². The highest BCUT2D eigenvalue weighted by atomic mass is 32.1. The van der Waals surface area contributed by atoms with E-state index in [9.17, 15) is 22.8 Å². The average molecular weight is 397 g/mol. The van der Waals surface area contributed by atoms with E-state index in [1.807, 2.05) is 11.6 Å². The first kappa shape index (κ1) is 18.9. The number of fused-ring (bicyclic) bond motifs is 1. The van der Waals surface area contributed by atoms with Crippen LogP contribution in [-0.2, 0) is 26.9 Å². The first-order chi connectivity index (χ1) is 12.7. The van der Waals surface area contributed by atoms with E-state index in [0.29, 0.717) is 5.69 Å². The van der Waals surface area contributed by atoms with Crippen molar-refractivity contribution in [3.63, 3.8) is 0 Å². The maximum atomic E-state index is 12.5. The van der Waals surface area contributed by atoms with Crippen LogP contribution in [0.5, 0.6) is 0 Å². The van der Waals surface area contributed by atoms with Crippen LogP contribution in [0.2, 0.25) is 0 Å². The molecule has 0 unspecified atom stereocenters. The minimum atomic E-state index is -4.45. The molecule has 6 nitrogen and oxygen atoms in total. The summed E-state index contributed by atoms with van der Waals surface area (Å²) in [6.45, 7) is 1.38. The molecule has 0 radical (unpaired) electrons. The Hall–Kier alpha value is -2.88. The van der Waals surface area contributed by atoms with Crippen molar-refractivity contribution in [3.05, 3.63) is 53.3 Å². The maximum Gasteiger partial charge on any atom is 0.416 e. The van der Waals surface area contributed by atoms with Gasteiger partial charge in [0.25, 0.3) is 5.91 Å². The predicted octanol–water partition coefficient (Wildman–Crippen LogP) is 3.53. The number of nitrogens with zero attached hydrogens (tertiary/aromatic N) is 2. The van der Waals surface area contributed by atoms with Crippen molar-refractivity contribution >= 4 is 33.9 Å². The fourth-order valence-corrected chi connectivity index (χ4v) is 3.01. The van der Waals surface area contributed by atoms with Gasteiger partial charge in [-0.05, 0) is 31.2 Å². The molecule has 3 rings (SSSR count). The van der Waals surface area contributed by atoms with Crippen LogP contribution in [0.15, 0.2) is 42.0 Å². The number of rotatable bonds is 5. The average Bonchev–Trinajstić information content (AvgIpc) is 3.15. The number of esters is 1. The van der Waals surface area contributed by atoms with E-state index in [4.69, 9.17) is 4.74 Å². The Morgan fingerprint density at radius 1 is 1.30 bits per heavy atom. The number of hydrogen-bond acceptors (Lipinski definition) is 5. The zero-order chi connectivity index (χ0) is 19.6. The highest BCUT2D eigenvalue weighted by Crippen LogP contribution is 2.29. The number of imidazole rings is 1. The summed E-state index contributed by atoms with van der Waals surface area (Å²) in [5.74, 6) is -1.27. The summed E-state index contributed by atoms with van der Waals surface area (Å²) in [6, 6.07) is 3.98. The smallest absolute Gasteiger partial charge is 0.416 e. The van der Waals surface area contributed by atoms with E-state index in [0.717, 1.165) is 29.2 Å². The van der Waals surface area contributed by atoms with Gasteiger partial charge < -0.3 is 10.1 Å². The first-order valence-electron chi connectivity index (χ1n) is 7.81. The minimum Gasteiger partial charge on any atom is -0.452 e. The van der Waals surface area contributed by atoms with Crippen LogP contribution < -0.4 is 5.32 Å². The second-order valence-corrected chi connectivity index (χ2v) is 6.57. The number of aromatic nitrogens is 2. The molecule has 0 aliphatic rings. The molecule has 27 heavy (non-hydrogen) atoms. The molecule has 0 saturated carbocycles.